The van der Waals surface area contributed by atoms with Gasteiger partial charge >= 0.3 is 6.18 Å². The van der Waals surface area contributed by atoms with Crippen LogP contribution in [-0.2, 0) is 10.2 Å². The zero-order chi connectivity index (χ0) is 13.0. The first-order chi connectivity index (χ1) is 6.97. The number of nitrogens with one attached hydrogen (secondary N) is 2. The Labute approximate surface area is 92.2 Å². The molecule has 0 aliphatic heterocycles. The van der Waals surface area contributed by atoms with Crippen LogP contribution in [0.15, 0.2) is 0 Å². The summed E-state index contributed by atoms with van der Waals surface area (Å²) in [6.45, 7) is 1.00. The second-order valence-corrected chi connectivity index (χ2v) is 5.20. The average Bonchev–Trinajstić information content (AvgIpc) is 2.12. The smallest absolute Gasteiger partial charge is 0.389 e. The van der Waals surface area contributed by atoms with E-state index < -0.39 is 28.5 Å². The molecule has 0 amide bonds. The van der Waals surface area contributed by atoms with Crippen LogP contribution >= 0.6 is 0 Å². The Morgan fingerprint density at radius 1 is 1.19 bits per heavy atom. The summed E-state index contributed by atoms with van der Waals surface area (Å²) in [5, 5.41) is 9.44. The Morgan fingerprint density at radius 2 is 1.62 bits per heavy atom. The molecule has 0 aromatic rings. The summed E-state index contributed by atoms with van der Waals surface area (Å²) >= 11 is 0. The summed E-state index contributed by atoms with van der Waals surface area (Å²) < 4.78 is 60.3. The highest BCUT2D eigenvalue weighted by molar-refractivity contribution is 7.87. The topological polar surface area (TPSA) is 78.4 Å². The van der Waals surface area contributed by atoms with E-state index in [1.165, 1.54) is 11.6 Å². The molecule has 0 fully saturated rings. The van der Waals surface area contributed by atoms with Crippen molar-refractivity contribution in [2.24, 2.45) is 0 Å². The summed E-state index contributed by atoms with van der Waals surface area (Å²) in [5.74, 6) is 0. The molecule has 0 bridgehead atoms. The van der Waals surface area contributed by atoms with Crippen LogP contribution in [0.1, 0.15) is 20.3 Å². The van der Waals surface area contributed by atoms with E-state index in [1.54, 1.807) is 6.92 Å². The van der Waals surface area contributed by atoms with Crippen LogP contribution in [0, 0.1) is 0 Å². The van der Waals surface area contributed by atoms with Crippen molar-refractivity contribution in [3.8, 4) is 0 Å². The molecule has 0 radical (unpaired) electrons. The lowest BCUT2D eigenvalue weighted by Crippen LogP contribution is -2.47. The molecule has 98 valence electrons. The molecular formula is C7H15F3N2O3S. The monoisotopic (exact) mass is 264 g/mol. The van der Waals surface area contributed by atoms with Crippen molar-refractivity contribution in [2.45, 2.75) is 32.0 Å². The van der Waals surface area contributed by atoms with E-state index in [0.29, 0.717) is 0 Å². The van der Waals surface area contributed by atoms with Crippen LogP contribution in [0.4, 0.5) is 13.2 Å². The highest BCUT2D eigenvalue weighted by Crippen LogP contribution is 2.12. The number of hydrogen-bond acceptors (Lipinski definition) is 3. The highest BCUT2D eigenvalue weighted by Gasteiger charge is 2.30. The van der Waals surface area contributed by atoms with E-state index in [1.807, 2.05) is 4.72 Å². The van der Waals surface area contributed by atoms with Crippen molar-refractivity contribution in [3.05, 3.63) is 0 Å². The average molecular weight is 264 g/mol. The van der Waals surface area contributed by atoms with Gasteiger partial charge in [-0.3, -0.25) is 0 Å². The van der Waals surface area contributed by atoms with Gasteiger partial charge in [0.15, 0.2) is 0 Å². The lowest BCUT2D eigenvalue weighted by molar-refractivity contribution is -0.121. The number of hydrogen-bond donors (Lipinski definition) is 3. The van der Waals surface area contributed by atoms with E-state index in [-0.39, 0.29) is 13.0 Å². The van der Waals surface area contributed by atoms with Crippen molar-refractivity contribution in [2.75, 3.05) is 13.1 Å². The van der Waals surface area contributed by atoms with Crippen LogP contribution in [0.25, 0.3) is 0 Å². The first kappa shape index (κ1) is 15.6. The molecule has 0 aliphatic carbocycles. The second kappa shape index (κ2) is 5.30. The summed E-state index contributed by atoms with van der Waals surface area (Å²) in [7, 11) is -4.24. The molecule has 1 atom stereocenters. The predicted octanol–water partition coefficient (Wildman–Crippen LogP) is 0.134. The third kappa shape index (κ3) is 7.85. The summed E-state index contributed by atoms with van der Waals surface area (Å²) in [6, 6.07) is 0. The van der Waals surface area contributed by atoms with Crippen molar-refractivity contribution in [1.82, 2.24) is 9.44 Å². The molecule has 0 aromatic heterocycles. The fourth-order valence-corrected chi connectivity index (χ4v) is 1.56. The van der Waals surface area contributed by atoms with Crippen LogP contribution in [0.5, 0.6) is 0 Å². The van der Waals surface area contributed by atoms with Crippen LogP contribution in [0.2, 0.25) is 0 Å². The molecule has 0 aromatic carbocycles. The fraction of sp³-hybridized carbons (Fsp3) is 1.00. The minimum atomic E-state index is -4.61. The summed E-state index contributed by atoms with van der Waals surface area (Å²) in [6.07, 6.45) is -4.34. The van der Waals surface area contributed by atoms with Crippen molar-refractivity contribution >= 4 is 10.2 Å². The predicted molar refractivity (Wildman–Crippen MR) is 51.9 cm³/mol. The number of alkyl halides is 3. The fourth-order valence-electron chi connectivity index (χ4n) is 0.603. The third-order valence-electron chi connectivity index (χ3n) is 1.87. The number of rotatable bonds is 6. The maximum Gasteiger partial charge on any atom is 0.402 e. The van der Waals surface area contributed by atoms with Gasteiger partial charge in [0.2, 0.25) is 0 Å². The minimum Gasteiger partial charge on any atom is -0.389 e. The van der Waals surface area contributed by atoms with Gasteiger partial charge in [-0.15, -0.1) is 0 Å². The highest BCUT2D eigenvalue weighted by atomic mass is 32.2. The zero-order valence-electron chi connectivity index (χ0n) is 8.93. The Balaban J connectivity index is 4.18. The lowest BCUT2D eigenvalue weighted by Gasteiger charge is -2.21. The van der Waals surface area contributed by atoms with Gasteiger partial charge in [0.1, 0.15) is 6.54 Å². The number of halogens is 3. The Morgan fingerprint density at radius 3 is 2.00 bits per heavy atom. The SMILES string of the molecule is CCC(C)(O)CNS(=O)(=O)NCC(F)(F)F. The number of aliphatic hydroxyl groups is 1. The van der Waals surface area contributed by atoms with Crippen molar-refractivity contribution < 1.29 is 26.7 Å². The van der Waals surface area contributed by atoms with E-state index in [9.17, 15) is 26.7 Å². The Kier molecular flexibility index (Phi) is 5.17. The van der Waals surface area contributed by atoms with E-state index in [0.717, 1.165) is 0 Å². The van der Waals surface area contributed by atoms with Gasteiger partial charge in [0.25, 0.3) is 10.2 Å². The van der Waals surface area contributed by atoms with Gasteiger partial charge in [-0.1, -0.05) is 6.92 Å². The molecule has 0 saturated carbocycles. The molecule has 0 heterocycles. The minimum absolute atomic E-state index is 0.273. The molecule has 0 spiro atoms. The lowest BCUT2D eigenvalue weighted by atomic mass is 10.1. The van der Waals surface area contributed by atoms with Crippen LogP contribution in [0.3, 0.4) is 0 Å². The maximum atomic E-state index is 11.7. The molecule has 0 rings (SSSR count). The van der Waals surface area contributed by atoms with Gasteiger partial charge in [0.05, 0.1) is 5.60 Å². The van der Waals surface area contributed by atoms with Crippen molar-refractivity contribution in [3.63, 3.8) is 0 Å². The molecule has 16 heavy (non-hydrogen) atoms. The third-order valence-corrected chi connectivity index (χ3v) is 2.92. The van der Waals surface area contributed by atoms with Gasteiger partial charge in [0, 0.05) is 6.54 Å². The van der Waals surface area contributed by atoms with Crippen LogP contribution in [-0.4, -0.2) is 38.4 Å². The molecule has 0 saturated heterocycles. The molecular weight excluding hydrogens is 249 g/mol. The van der Waals surface area contributed by atoms with E-state index in [4.69, 9.17) is 0 Å². The first-order valence-corrected chi connectivity index (χ1v) is 5.99. The molecule has 0 aliphatic rings. The van der Waals surface area contributed by atoms with Gasteiger partial charge < -0.3 is 5.11 Å². The van der Waals surface area contributed by atoms with Gasteiger partial charge in [-0.25, -0.2) is 0 Å². The normalized spacial score (nSPS) is 17.1. The summed E-state index contributed by atoms with van der Waals surface area (Å²) in [4.78, 5) is 0. The molecule has 1 unspecified atom stereocenters. The standard InChI is InChI=1S/C7H15F3N2O3S/c1-3-6(2,13)4-11-16(14,15)12-5-7(8,9)10/h11-13H,3-5H2,1-2H3. The van der Waals surface area contributed by atoms with Gasteiger partial charge in [-0.05, 0) is 13.3 Å². The zero-order valence-corrected chi connectivity index (χ0v) is 9.74. The molecule has 9 heteroatoms. The van der Waals surface area contributed by atoms with E-state index >= 15 is 0 Å². The molecule has 5 nitrogen and oxygen atoms in total. The largest absolute Gasteiger partial charge is 0.402 e. The molecule has 3 N–H and O–H groups in total. The summed E-state index contributed by atoms with van der Waals surface area (Å²) in [5.41, 5.74) is -1.28. The van der Waals surface area contributed by atoms with Crippen molar-refractivity contribution in [1.29, 1.82) is 0 Å². The van der Waals surface area contributed by atoms with E-state index in [2.05, 4.69) is 0 Å². The maximum absolute atomic E-state index is 11.7. The first-order valence-electron chi connectivity index (χ1n) is 4.51. The van der Waals surface area contributed by atoms with Gasteiger partial charge in [-0.2, -0.15) is 31.0 Å². The second-order valence-electron chi connectivity index (χ2n) is 3.61. The quantitative estimate of drug-likeness (QED) is 0.638. The van der Waals surface area contributed by atoms with Crippen LogP contribution < -0.4 is 9.44 Å². The Bertz CT molecular complexity index is 313. The Hall–Kier alpha value is -0.380.